The zero-order chi connectivity index (χ0) is 29.7. The number of nitrogens with one attached hydrogen (secondary N) is 3. The fourth-order valence-electron chi connectivity index (χ4n) is 4.55. The molecule has 0 radical (unpaired) electrons. The van der Waals surface area contributed by atoms with Crippen LogP contribution in [0.1, 0.15) is 53.3 Å². The molecule has 0 aliphatic rings. The number of aryl methyl sites for hydroxylation is 2. The Morgan fingerprint density at radius 3 is 2.25 bits per heavy atom. The SMILES string of the molecule is Cc1cc(CNC(=O)Cc2cccc(CC(C)(C)NC[C@H](O)c3ccc(O)c(NS(C)(=O)=O)c3)c2)cc(C)c1O. The molecule has 10 heteroatoms. The summed E-state index contributed by atoms with van der Waals surface area (Å²) in [4.78, 5) is 12.6. The first kappa shape index (κ1) is 30.9. The minimum atomic E-state index is -3.58. The van der Waals surface area contributed by atoms with Crippen LogP contribution in [0.25, 0.3) is 0 Å². The molecule has 0 saturated carbocycles. The average Bonchev–Trinajstić information content (AvgIpc) is 2.85. The highest BCUT2D eigenvalue weighted by Gasteiger charge is 2.21. The molecule has 1 atom stereocenters. The maximum Gasteiger partial charge on any atom is 0.229 e. The van der Waals surface area contributed by atoms with Gasteiger partial charge < -0.3 is 26.0 Å². The number of benzene rings is 3. The van der Waals surface area contributed by atoms with E-state index >= 15 is 0 Å². The molecular formula is C30H39N3O6S. The maximum absolute atomic E-state index is 12.6. The van der Waals surface area contributed by atoms with Crippen LogP contribution in [0, 0.1) is 13.8 Å². The Bertz CT molecular complexity index is 1450. The van der Waals surface area contributed by atoms with Crippen LogP contribution in [0.3, 0.4) is 0 Å². The second-order valence-electron chi connectivity index (χ2n) is 11.0. The molecule has 0 saturated heterocycles. The summed E-state index contributed by atoms with van der Waals surface area (Å²) >= 11 is 0. The summed E-state index contributed by atoms with van der Waals surface area (Å²) < 4.78 is 25.3. The van der Waals surface area contributed by atoms with Crippen LogP contribution < -0.4 is 15.4 Å². The quantitative estimate of drug-likeness (QED) is 0.183. The summed E-state index contributed by atoms with van der Waals surface area (Å²) in [7, 11) is -3.58. The topological polar surface area (TPSA) is 148 Å². The van der Waals surface area contributed by atoms with Crippen LogP contribution in [0.2, 0.25) is 0 Å². The van der Waals surface area contributed by atoms with Crippen LogP contribution in [0.5, 0.6) is 11.5 Å². The molecule has 9 nitrogen and oxygen atoms in total. The van der Waals surface area contributed by atoms with Crippen molar-refractivity contribution in [3.8, 4) is 11.5 Å². The molecule has 3 aromatic carbocycles. The van der Waals surface area contributed by atoms with Gasteiger partial charge in [-0.3, -0.25) is 9.52 Å². The van der Waals surface area contributed by atoms with Gasteiger partial charge in [0.15, 0.2) is 0 Å². The summed E-state index contributed by atoms with van der Waals surface area (Å²) in [6, 6.07) is 15.8. The van der Waals surface area contributed by atoms with E-state index in [9.17, 15) is 28.5 Å². The number of phenolic OH excluding ortho intramolecular Hbond substituents is 2. The Kier molecular flexibility index (Phi) is 9.83. The molecule has 0 aliphatic carbocycles. The molecule has 0 fully saturated rings. The number of amides is 1. The lowest BCUT2D eigenvalue weighted by Crippen LogP contribution is -2.43. The van der Waals surface area contributed by atoms with Crippen molar-refractivity contribution < 1.29 is 28.5 Å². The Morgan fingerprint density at radius 2 is 1.60 bits per heavy atom. The van der Waals surface area contributed by atoms with Crippen LogP contribution in [0.4, 0.5) is 5.69 Å². The van der Waals surface area contributed by atoms with E-state index in [0.29, 0.717) is 18.5 Å². The van der Waals surface area contributed by atoms with Crippen molar-refractivity contribution in [3.63, 3.8) is 0 Å². The van der Waals surface area contributed by atoms with Gasteiger partial charge in [0.2, 0.25) is 15.9 Å². The first-order chi connectivity index (χ1) is 18.6. The maximum atomic E-state index is 12.6. The van der Waals surface area contributed by atoms with E-state index in [1.165, 1.54) is 12.1 Å². The van der Waals surface area contributed by atoms with Crippen molar-refractivity contribution in [2.75, 3.05) is 17.5 Å². The highest BCUT2D eigenvalue weighted by Crippen LogP contribution is 2.28. The number of aliphatic hydroxyl groups excluding tert-OH is 1. The van der Waals surface area contributed by atoms with E-state index in [-0.39, 0.29) is 36.1 Å². The predicted octanol–water partition coefficient (Wildman–Crippen LogP) is 3.59. The lowest BCUT2D eigenvalue weighted by molar-refractivity contribution is -0.120. The summed E-state index contributed by atoms with van der Waals surface area (Å²) in [5, 5.41) is 36.9. The fraction of sp³-hybridized carbons (Fsp3) is 0.367. The lowest BCUT2D eigenvalue weighted by Gasteiger charge is -2.28. The Labute approximate surface area is 236 Å². The zero-order valence-electron chi connectivity index (χ0n) is 23.6. The number of aliphatic hydroxyl groups is 1. The minimum Gasteiger partial charge on any atom is -0.507 e. The smallest absolute Gasteiger partial charge is 0.229 e. The van der Waals surface area contributed by atoms with Crippen molar-refractivity contribution in [2.45, 2.75) is 58.7 Å². The minimum absolute atomic E-state index is 0.00690. The van der Waals surface area contributed by atoms with Crippen LogP contribution in [0.15, 0.2) is 54.6 Å². The van der Waals surface area contributed by atoms with Crippen molar-refractivity contribution in [1.29, 1.82) is 0 Å². The summed E-state index contributed by atoms with van der Waals surface area (Å²) in [5.41, 5.74) is 4.46. The standard InChI is InChI=1S/C30H39N3O6S/c1-19-11-23(12-20(2)29(19)37)17-31-28(36)14-21-7-6-8-22(13-21)16-30(3,4)32-18-27(35)24-9-10-26(34)25(15-24)33-40(5,38)39/h6-13,15,27,32-35,37H,14,16-18H2,1-5H3,(H,31,36)/t27-/m0/s1. The van der Waals surface area contributed by atoms with Gasteiger partial charge in [-0.1, -0.05) is 42.5 Å². The van der Waals surface area contributed by atoms with Gasteiger partial charge in [-0.15, -0.1) is 0 Å². The van der Waals surface area contributed by atoms with E-state index in [4.69, 9.17) is 0 Å². The number of β-amino-alcohol motifs (C(OH)–C–C–N with tert-alkyl or cyclic N) is 1. The van der Waals surface area contributed by atoms with Gasteiger partial charge >= 0.3 is 0 Å². The van der Waals surface area contributed by atoms with Gasteiger partial charge in [0.25, 0.3) is 0 Å². The van der Waals surface area contributed by atoms with Crippen LogP contribution in [-0.4, -0.2) is 48.0 Å². The van der Waals surface area contributed by atoms with E-state index in [1.54, 1.807) is 6.07 Å². The number of sulfonamides is 1. The normalized spacial score (nSPS) is 12.7. The number of phenols is 2. The fourth-order valence-corrected chi connectivity index (χ4v) is 5.11. The summed E-state index contributed by atoms with van der Waals surface area (Å²) in [6.45, 7) is 8.27. The molecule has 216 valence electrons. The second kappa shape index (κ2) is 12.7. The largest absolute Gasteiger partial charge is 0.507 e. The molecule has 0 heterocycles. The average molecular weight is 570 g/mol. The molecule has 0 spiro atoms. The number of hydrogen-bond donors (Lipinski definition) is 6. The first-order valence-corrected chi connectivity index (χ1v) is 14.9. The van der Waals surface area contributed by atoms with Crippen LogP contribution in [-0.2, 0) is 34.2 Å². The number of aromatic hydroxyl groups is 2. The second-order valence-corrected chi connectivity index (χ2v) is 12.7. The van der Waals surface area contributed by atoms with Gasteiger partial charge in [0.1, 0.15) is 11.5 Å². The Morgan fingerprint density at radius 1 is 0.950 bits per heavy atom. The van der Waals surface area contributed by atoms with Crippen molar-refractivity contribution in [1.82, 2.24) is 10.6 Å². The highest BCUT2D eigenvalue weighted by atomic mass is 32.2. The number of hydrogen-bond acceptors (Lipinski definition) is 7. The third-order valence-electron chi connectivity index (χ3n) is 6.52. The lowest BCUT2D eigenvalue weighted by atomic mass is 9.93. The first-order valence-electron chi connectivity index (χ1n) is 13.0. The molecule has 6 N–H and O–H groups in total. The Hall–Kier alpha value is -3.60. The van der Waals surface area contributed by atoms with E-state index in [2.05, 4.69) is 15.4 Å². The molecule has 0 aromatic heterocycles. The molecule has 0 aliphatic heterocycles. The Balaban J connectivity index is 1.56. The van der Waals surface area contributed by atoms with Gasteiger partial charge in [-0.2, -0.15) is 0 Å². The third-order valence-corrected chi connectivity index (χ3v) is 7.11. The van der Waals surface area contributed by atoms with Crippen LogP contribution >= 0.6 is 0 Å². The molecule has 40 heavy (non-hydrogen) atoms. The monoisotopic (exact) mass is 569 g/mol. The van der Waals surface area contributed by atoms with E-state index < -0.39 is 21.7 Å². The predicted molar refractivity (Wildman–Crippen MR) is 157 cm³/mol. The molecule has 0 bridgehead atoms. The van der Waals surface area contributed by atoms with Crippen molar-refractivity contribution in [2.24, 2.45) is 0 Å². The van der Waals surface area contributed by atoms with Crippen molar-refractivity contribution in [3.05, 3.63) is 88.0 Å². The van der Waals surface area contributed by atoms with Crippen molar-refractivity contribution >= 4 is 21.6 Å². The molecule has 3 aromatic rings. The van der Waals surface area contributed by atoms with E-state index in [0.717, 1.165) is 34.1 Å². The number of anilines is 1. The number of carbonyl (C=O) groups is 1. The number of carbonyl (C=O) groups excluding carboxylic acids is 1. The molecule has 3 rings (SSSR count). The molecule has 1 amide bonds. The zero-order valence-corrected chi connectivity index (χ0v) is 24.4. The summed E-state index contributed by atoms with van der Waals surface area (Å²) in [5.74, 6) is -0.0522. The highest BCUT2D eigenvalue weighted by molar-refractivity contribution is 7.92. The third kappa shape index (κ3) is 9.25. The van der Waals surface area contributed by atoms with E-state index in [1.807, 2.05) is 64.1 Å². The van der Waals surface area contributed by atoms with Gasteiger partial charge in [-0.25, -0.2) is 8.42 Å². The van der Waals surface area contributed by atoms with Gasteiger partial charge in [0.05, 0.1) is 24.5 Å². The molecular weight excluding hydrogens is 530 g/mol. The van der Waals surface area contributed by atoms with Gasteiger partial charge in [-0.05, 0) is 79.6 Å². The van der Waals surface area contributed by atoms with Gasteiger partial charge in [0, 0.05) is 18.6 Å². The molecule has 0 unspecified atom stereocenters. The number of rotatable bonds is 12. The summed E-state index contributed by atoms with van der Waals surface area (Å²) in [6.07, 6.45) is 0.926.